The van der Waals surface area contributed by atoms with Crippen LogP contribution in [0, 0.1) is 6.42 Å². The van der Waals surface area contributed by atoms with Crippen LogP contribution in [0.4, 0.5) is 0 Å². The fourth-order valence-corrected chi connectivity index (χ4v) is 0.408. The third-order valence-electron chi connectivity index (χ3n) is 0.781. The third kappa shape index (κ3) is 15.7. The first-order chi connectivity index (χ1) is 2.91. The van der Waals surface area contributed by atoms with Crippen LogP contribution < -0.4 is 18.9 Å². The zero-order chi connectivity index (χ0) is 4.83. The smallest absolute Gasteiger partial charge is 0.329 e. The first-order valence-electron chi connectivity index (χ1n) is 2.73. The topological polar surface area (TPSA) is 0 Å². The van der Waals surface area contributed by atoms with Gasteiger partial charge in [0.2, 0.25) is 0 Å². The van der Waals surface area contributed by atoms with E-state index in [1.807, 2.05) is 0 Å². The zero-order valence-electron chi connectivity index (χ0n) is 6.70. The van der Waals surface area contributed by atoms with Crippen LogP contribution in [-0.4, -0.2) is 18.9 Å². The third-order valence-corrected chi connectivity index (χ3v) is 0.781. The zero-order valence-corrected chi connectivity index (χ0v) is 6.70. The molecule has 0 aliphatic rings. The van der Waals surface area contributed by atoms with Crippen LogP contribution in [0.25, 0.3) is 0 Å². The Balaban J connectivity index is -0.000000125. The van der Waals surface area contributed by atoms with E-state index >= 15 is 0 Å². The van der Waals surface area contributed by atoms with E-state index in [1.165, 1.54) is 19.3 Å². The molecule has 0 unspecified atom stereocenters. The van der Waals surface area contributed by atoms with Gasteiger partial charge in [-0.3, -0.25) is 0 Å². The second kappa shape index (κ2) is 15.7. The Morgan fingerprint density at radius 3 is 1.88 bits per heavy atom. The fraction of sp³-hybridized carbons (Fsp3) is 0.833. The first-order valence-corrected chi connectivity index (χ1v) is 2.73. The van der Waals surface area contributed by atoms with Crippen LogP contribution in [0.2, 0.25) is 0 Å². The predicted octanol–water partition coefficient (Wildman–Crippen LogP) is -0.976. The maximum atomic E-state index is 2.31. The van der Waals surface area contributed by atoms with Crippen molar-refractivity contribution in [3.8, 4) is 0 Å². The van der Waals surface area contributed by atoms with Crippen molar-refractivity contribution in [1.29, 1.82) is 0 Å². The maximum absolute atomic E-state index is 2.31. The van der Waals surface area contributed by atoms with Crippen molar-refractivity contribution in [2.24, 2.45) is 0 Å². The molecule has 0 aromatic heterocycles. The standard InChI is InChI=1S/C6H13.2Li/c1-3-5-6-4-2;;/h5H,3-4,6H2,1-2H3;;/q-1;;+1. The van der Waals surface area contributed by atoms with Gasteiger partial charge in [0.15, 0.2) is 0 Å². The molecule has 0 saturated carbocycles. The minimum atomic E-state index is 0. The molecule has 0 nitrogen and oxygen atoms in total. The number of hydrogen-bond donors (Lipinski definition) is 0. The van der Waals surface area contributed by atoms with Gasteiger partial charge in [0.25, 0.3) is 0 Å². The molecule has 0 rings (SSSR count). The molecule has 0 N–H and O–H groups in total. The summed E-state index contributed by atoms with van der Waals surface area (Å²) >= 11 is 0. The molecule has 0 bridgehead atoms. The SMILES string of the molecule is CC[CH-]CCC.[Li+].[Li]. The summed E-state index contributed by atoms with van der Waals surface area (Å²) in [6.07, 6.45) is 6.12. The Hall–Kier alpha value is 1.19. The molecular weight excluding hydrogens is 85.9 g/mol. The average Bonchev–Trinajstić information content (AvgIpc) is 1.61. The van der Waals surface area contributed by atoms with Crippen LogP contribution in [0.3, 0.4) is 0 Å². The molecule has 39 valence electrons. The van der Waals surface area contributed by atoms with E-state index in [0.717, 1.165) is 0 Å². The van der Waals surface area contributed by atoms with Gasteiger partial charge in [-0.15, -0.1) is 0 Å². The van der Waals surface area contributed by atoms with Gasteiger partial charge in [0.1, 0.15) is 0 Å². The van der Waals surface area contributed by atoms with Crippen molar-refractivity contribution >= 4 is 18.9 Å². The molecule has 0 heterocycles. The number of hydrogen-bond acceptors (Lipinski definition) is 0. The number of rotatable bonds is 3. The van der Waals surface area contributed by atoms with Crippen LogP contribution in [0.5, 0.6) is 0 Å². The van der Waals surface area contributed by atoms with Gasteiger partial charge in [0.05, 0.1) is 0 Å². The minimum Gasteiger partial charge on any atom is -0.329 e. The Kier molecular flexibility index (Phi) is 31.6. The molecule has 0 saturated heterocycles. The van der Waals surface area contributed by atoms with Gasteiger partial charge in [-0.05, 0) is 0 Å². The van der Waals surface area contributed by atoms with E-state index in [0.29, 0.717) is 0 Å². The van der Waals surface area contributed by atoms with E-state index < -0.39 is 0 Å². The van der Waals surface area contributed by atoms with Crippen LogP contribution in [0.1, 0.15) is 33.1 Å². The summed E-state index contributed by atoms with van der Waals surface area (Å²) < 4.78 is 0. The molecule has 8 heavy (non-hydrogen) atoms. The van der Waals surface area contributed by atoms with Gasteiger partial charge >= 0.3 is 18.9 Å². The van der Waals surface area contributed by atoms with Crippen molar-refractivity contribution in [2.75, 3.05) is 0 Å². The minimum absolute atomic E-state index is 0. The second-order valence-corrected chi connectivity index (χ2v) is 1.49. The molecular formula is C6H13Li2. The normalized spacial score (nSPS) is 6.75. The van der Waals surface area contributed by atoms with Crippen LogP contribution >= 0.6 is 0 Å². The number of unbranched alkanes of at least 4 members (excludes halogenated alkanes) is 3. The van der Waals surface area contributed by atoms with Gasteiger partial charge in [0, 0.05) is 18.9 Å². The summed E-state index contributed by atoms with van der Waals surface area (Å²) in [5.41, 5.74) is 0. The summed E-state index contributed by atoms with van der Waals surface area (Å²) in [5.74, 6) is 0. The molecule has 1 radical (unpaired) electrons. The van der Waals surface area contributed by atoms with Crippen molar-refractivity contribution in [3.05, 3.63) is 6.42 Å². The monoisotopic (exact) mass is 99.1 g/mol. The molecule has 0 aromatic rings. The summed E-state index contributed by atoms with van der Waals surface area (Å²) in [5, 5.41) is 0. The van der Waals surface area contributed by atoms with Crippen molar-refractivity contribution in [2.45, 2.75) is 33.1 Å². The molecule has 0 amide bonds. The summed E-state index contributed by atoms with van der Waals surface area (Å²) in [6, 6.07) is 0. The van der Waals surface area contributed by atoms with Crippen molar-refractivity contribution < 1.29 is 18.9 Å². The first kappa shape index (κ1) is 16.1. The van der Waals surface area contributed by atoms with E-state index in [2.05, 4.69) is 20.3 Å². The predicted molar refractivity (Wildman–Crippen MR) is 35.3 cm³/mol. The Morgan fingerprint density at radius 1 is 1.25 bits per heavy atom. The molecule has 0 spiro atoms. The van der Waals surface area contributed by atoms with E-state index in [1.54, 1.807) is 0 Å². The molecule has 0 aromatic carbocycles. The van der Waals surface area contributed by atoms with Gasteiger partial charge in [-0.1, -0.05) is 20.3 Å². The summed E-state index contributed by atoms with van der Waals surface area (Å²) in [6.45, 7) is 4.38. The van der Waals surface area contributed by atoms with E-state index in [-0.39, 0.29) is 37.7 Å². The van der Waals surface area contributed by atoms with Gasteiger partial charge < -0.3 is 6.42 Å². The Morgan fingerprint density at radius 2 is 1.75 bits per heavy atom. The van der Waals surface area contributed by atoms with Crippen molar-refractivity contribution in [3.63, 3.8) is 0 Å². The summed E-state index contributed by atoms with van der Waals surface area (Å²) in [7, 11) is 0. The van der Waals surface area contributed by atoms with Gasteiger partial charge in [-0.25, -0.2) is 0 Å². The molecule has 0 atom stereocenters. The second-order valence-electron chi connectivity index (χ2n) is 1.49. The Bertz CT molecular complexity index is 18.5. The Labute approximate surface area is 77.2 Å². The van der Waals surface area contributed by atoms with Crippen LogP contribution in [0.15, 0.2) is 0 Å². The quantitative estimate of drug-likeness (QED) is 0.242. The molecule has 2 heteroatoms. The van der Waals surface area contributed by atoms with E-state index in [9.17, 15) is 0 Å². The maximum Gasteiger partial charge on any atom is 1.00 e. The van der Waals surface area contributed by atoms with Gasteiger partial charge in [-0.2, -0.15) is 12.8 Å². The van der Waals surface area contributed by atoms with Crippen molar-refractivity contribution in [1.82, 2.24) is 0 Å². The fourth-order valence-electron chi connectivity index (χ4n) is 0.408. The average molecular weight is 99.1 g/mol. The molecule has 0 aliphatic heterocycles. The largest absolute Gasteiger partial charge is 1.00 e. The van der Waals surface area contributed by atoms with E-state index in [4.69, 9.17) is 0 Å². The summed E-state index contributed by atoms with van der Waals surface area (Å²) in [4.78, 5) is 0. The molecule has 0 fully saturated rings. The van der Waals surface area contributed by atoms with Crippen LogP contribution in [-0.2, 0) is 0 Å². The molecule has 0 aliphatic carbocycles.